The molecular formula is C16H16N4O3. The van der Waals surface area contributed by atoms with Gasteiger partial charge in [0.1, 0.15) is 11.7 Å². The maximum absolute atomic E-state index is 12.1. The number of aromatic amines is 1. The molecule has 3 heterocycles. The fraction of sp³-hybridized carbons (Fsp3) is 0.188. The molecule has 2 amide bonds. The molecule has 118 valence electrons. The van der Waals surface area contributed by atoms with E-state index in [0.29, 0.717) is 11.5 Å². The molecule has 0 aromatic carbocycles. The SMILES string of the molecule is CNC(=O)C(C)NC(=O)c1ccc(-c2cc3[nH]ccc3cn2)o1. The van der Waals surface area contributed by atoms with Crippen LogP contribution in [-0.4, -0.2) is 34.9 Å². The summed E-state index contributed by atoms with van der Waals surface area (Å²) in [6.07, 6.45) is 3.56. The maximum atomic E-state index is 12.1. The van der Waals surface area contributed by atoms with Gasteiger partial charge in [0.2, 0.25) is 5.91 Å². The number of nitrogens with one attached hydrogen (secondary N) is 3. The van der Waals surface area contributed by atoms with Crippen molar-refractivity contribution in [1.29, 1.82) is 0 Å². The minimum atomic E-state index is -0.644. The molecule has 0 radical (unpaired) electrons. The van der Waals surface area contributed by atoms with Crippen molar-refractivity contribution in [3.05, 3.63) is 42.4 Å². The third-order valence-corrected chi connectivity index (χ3v) is 3.51. The Kier molecular flexibility index (Phi) is 3.84. The number of carbonyl (C=O) groups is 2. The lowest BCUT2D eigenvalue weighted by Gasteiger charge is -2.10. The highest BCUT2D eigenvalue weighted by atomic mass is 16.4. The van der Waals surface area contributed by atoms with Gasteiger partial charge in [-0.1, -0.05) is 0 Å². The lowest BCUT2D eigenvalue weighted by Crippen LogP contribution is -2.43. The van der Waals surface area contributed by atoms with Gasteiger partial charge in [-0.2, -0.15) is 0 Å². The number of likely N-dealkylation sites (N-methyl/N-ethyl adjacent to an activating group) is 1. The molecule has 0 bridgehead atoms. The van der Waals surface area contributed by atoms with E-state index in [-0.39, 0.29) is 11.7 Å². The minimum Gasteiger partial charge on any atom is -0.449 e. The topological polar surface area (TPSA) is 100 Å². The van der Waals surface area contributed by atoms with Crippen LogP contribution in [0.5, 0.6) is 0 Å². The predicted octanol–water partition coefficient (Wildman–Crippen LogP) is 1.69. The summed E-state index contributed by atoms with van der Waals surface area (Å²) < 4.78 is 5.55. The molecule has 0 aliphatic carbocycles. The third-order valence-electron chi connectivity index (χ3n) is 3.51. The van der Waals surface area contributed by atoms with E-state index < -0.39 is 11.9 Å². The van der Waals surface area contributed by atoms with Crippen LogP contribution in [0.3, 0.4) is 0 Å². The Bertz CT molecular complexity index is 865. The van der Waals surface area contributed by atoms with E-state index in [0.717, 1.165) is 10.9 Å². The Labute approximate surface area is 132 Å². The number of rotatable bonds is 4. The molecule has 7 heteroatoms. The summed E-state index contributed by atoms with van der Waals surface area (Å²) in [7, 11) is 1.51. The van der Waals surface area contributed by atoms with Crippen LogP contribution in [0.15, 0.2) is 41.1 Å². The van der Waals surface area contributed by atoms with E-state index >= 15 is 0 Å². The number of pyridine rings is 1. The number of furan rings is 1. The summed E-state index contributed by atoms with van der Waals surface area (Å²) in [6, 6.07) is 6.36. The number of carbonyl (C=O) groups excluding carboxylic acids is 2. The van der Waals surface area contributed by atoms with Crippen LogP contribution < -0.4 is 10.6 Å². The van der Waals surface area contributed by atoms with Crippen molar-refractivity contribution in [2.75, 3.05) is 7.05 Å². The molecule has 7 nitrogen and oxygen atoms in total. The monoisotopic (exact) mass is 312 g/mol. The molecule has 0 fully saturated rings. The fourth-order valence-corrected chi connectivity index (χ4v) is 2.23. The van der Waals surface area contributed by atoms with Crippen LogP contribution in [0.1, 0.15) is 17.5 Å². The number of amides is 2. The zero-order chi connectivity index (χ0) is 16.4. The number of nitrogens with zero attached hydrogens (tertiary/aromatic N) is 1. The molecule has 3 N–H and O–H groups in total. The zero-order valence-electron chi connectivity index (χ0n) is 12.7. The predicted molar refractivity (Wildman–Crippen MR) is 84.8 cm³/mol. The molecule has 1 unspecified atom stereocenters. The maximum Gasteiger partial charge on any atom is 0.287 e. The molecule has 0 spiro atoms. The van der Waals surface area contributed by atoms with E-state index in [9.17, 15) is 9.59 Å². The molecule has 3 rings (SSSR count). The van der Waals surface area contributed by atoms with Crippen LogP contribution >= 0.6 is 0 Å². The van der Waals surface area contributed by atoms with E-state index in [1.165, 1.54) is 7.05 Å². The second-order valence-electron chi connectivity index (χ2n) is 5.11. The second kappa shape index (κ2) is 5.96. The van der Waals surface area contributed by atoms with Crippen molar-refractivity contribution in [2.45, 2.75) is 13.0 Å². The van der Waals surface area contributed by atoms with Gasteiger partial charge in [0, 0.05) is 30.3 Å². The molecule has 3 aromatic heterocycles. The van der Waals surface area contributed by atoms with Gasteiger partial charge in [-0.25, -0.2) is 0 Å². The summed E-state index contributed by atoms with van der Waals surface area (Å²) in [5.41, 5.74) is 1.56. The Hall–Kier alpha value is -3.09. The highest BCUT2D eigenvalue weighted by Crippen LogP contribution is 2.23. The Morgan fingerprint density at radius 1 is 1.30 bits per heavy atom. The summed E-state index contributed by atoms with van der Waals surface area (Å²) >= 11 is 0. The van der Waals surface area contributed by atoms with Crippen LogP contribution in [0.2, 0.25) is 0 Å². The first-order valence-electron chi connectivity index (χ1n) is 7.14. The van der Waals surface area contributed by atoms with Crippen molar-refractivity contribution in [3.8, 4) is 11.5 Å². The van der Waals surface area contributed by atoms with Gasteiger partial charge in [0.05, 0.1) is 0 Å². The van der Waals surface area contributed by atoms with Crippen LogP contribution in [0.4, 0.5) is 0 Å². The van der Waals surface area contributed by atoms with Crippen molar-refractivity contribution in [2.24, 2.45) is 0 Å². The minimum absolute atomic E-state index is 0.129. The molecule has 0 saturated heterocycles. The number of aromatic nitrogens is 2. The first kappa shape index (κ1) is 14.8. The first-order valence-corrected chi connectivity index (χ1v) is 7.14. The average molecular weight is 312 g/mol. The van der Waals surface area contributed by atoms with Gasteiger partial charge in [-0.15, -0.1) is 0 Å². The number of hydrogen-bond acceptors (Lipinski definition) is 4. The van der Waals surface area contributed by atoms with Gasteiger partial charge in [-0.3, -0.25) is 14.6 Å². The fourth-order valence-electron chi connectivity index (χ4n) is 2.23. The van der Waals surface area contributed by atoms with Gasteiger partial charge in [-0.05, 0) is 31.2 Å². The molecule has 1 atom stereocenters. The first-order chi connectivity index (χ1) is 11.1. The van der Waals surface area contributed by atoms with E-state index in [4.69, 9.17) is 4.42 Å². The van der Waals surface area contributed by atoms with Crippen molar-refractivity contribution in [3.63, 3.8) is 0 Å². The van der Waals surface area contributed by atoms with Crippen molar-refractivity contribution >= 4 is 22.7 Å². The summed E-state index contributed by atoms with van der Waals surface area (Å²) in [6.45, 7) is 1.60. The molecule has 23 heavy (non-hydrogen) atoms. The third kappa shape index (κ3) is 2.94. The number of fused-ring (bicyclic) bond motifs is 1. The summed E-state index contributed by atoms with van der Waals surface area (Å²) in [5.74, 6) is -0.110. The highest BCUT2D eigenvalue weighted by Gasteiger charge is 2.18. The number of hydrogen-bond donors (Lipinski definition) is 3. The van der Waals surface area contributed by atoms with E-state index in [1.807, 2.05) is 18.3 Å². The van der Waals surface area contributed by atoms with Gasteiger partial charge in [0.25, 0.3) is 5.91 Å². The van der Waals surface area contributed by atoms with E-state index in [1.54, 1.807) is 25.3 Å². The van der Waals surface area contributed by atoms with Gasteiger partial charge >= 0.3 is 0 Å². The largest absolute Gasteiger partial charge is 0.449 e. The summed E-state index contributed by atoms with van der Waals surface area (Å²) in [4.78, 5) is 30.9. The lowest BCUT2D eigenvalue weighted by molar-refractivity contribution is -0.122. The quantitative estimate of drug-likeness (QED) is 0.682. The normalized spacial score (nSPS) is 12.1. The van der Waals surface area contributed by atoms with Crippen LogP contribution in [-0.2, 0) is 4.79 Å². The number of H-pyrrole nitrogens is 1. The van der Waals surface area contributed by atoms with Crippen molar-refractivity contribution < 1.29 is 14.0 Å². The second-order valence-corrected chi connectivity index (χ2v) is 5.11. The highest BCUT2D eigenvalue weighted by molar-refractivity contribution is 5.95. The van der Waals surface area contributed by atoms with Gasteiger partial charge in [0.15, 0.2) is 11.5 Å². The smallest absolute Gasteiger partial charge is 0.287 e. The molecule has 0 aliphatic rings. The Morgan fingerprint density at radius 2 is 2.13 bits per heavy atom. The van der Waals surface area contributed by atoms with E-state index in [2.05, 4.69) is 20.6 Å². The van der Waals surface area contributed by atoms with Crippen molar-refractivity contribution in [1.82, 2.24) is 20.6 Å². The molecule has 0 aliphatic heterocycles. The Balaban J connectivity index is 1.79. The lowest BCUT2D eigenvalue weighted by atomic mass is 10.2. The van der Waals surface area contributed by atoms with Crippen LogP contribution in [0.25, 0.3) is 22.4 Å². The van der Waals surface area contributed by atoms with Crippen LogP contribution in [0, 0.1) is 0 Å². The standard InChI is InChI=1S/C16H16N4O3/c1-9(15(21)17-2)20-16(22)14-4-3-13(23-14)12-7-11-10(8-19-12)5-6-18-11/h3-9,18H,1-2H3,(H,17,21)(H,20,22). The molecule has 0 saturated carbocycles. The van der Waals surface area contributed by atoms with Gasteiger partial charge < -0.3 is 20.0 Å². The Morgan fingerprint density at radius 3 is 2.91 bits per heavy atom. The molecule has 3 aromatic rings. The molecular weight excluding hydrogens is 296 g/mol. The average Bonchev–Trinajstić information content (AvgIpc) is 3.21. The zero-order valence-corrected chi connectivity index (χ0v) is 12.7. The summed E-state index contributed by atoms with van der Waals surface area (Å²) in [5, 5.41) is 6.03.